The molecule has 0 amide bonds. The predicted octanol–water partition coefficient (Wildman–Crippen LogP) is 2.53. The van der Waals surface area contributed by atoms with Gasteiger partial charge in [0.05, 0.1) is 11.6 Å². The highest BCUT2D eigenvalue weighted by atomic mass is 35.5. The molecular formula is C8H11ClN4O2S2. The van der Waals surface area contributed by atoms with Crippen LogP contribution in [0.1, 0.15) is 11.8 Å². The normalized spacial score (nSPS) is 11.6. The zero-order valence-electron chi connectivity index (χ0n) is 9.29. The molecule has 1 aromatic rings. The molecule has 0 aliphatic rings. The fraction of sp³-hybridized carbons (Fsp3) is 0.500. The van der Waals surface area contributed by atoms with Crippen LogP contribution in [-0.4, -0.2) is 32.9 Å². The van der Waals surface area contributed by atoms with E-state index in [4.69, 9.17) is 11.6 Å². The lowest BCUT2D eigenvalue weighted by molar-refractivity contribution is -0.485. The van der Waals surface area contributed by atoms with Gasteiger partial charge in [0.15, 0.2) is 9.50 Å². The minimum Gasteiger partial charge on any atom is -0.341 e. The number of aromatic nitrogens is 1. The van der Waals surface area contributed by atoms with Crippen molar-refractivity contribution < 1.29 is 5.03 Å². The summed E-state index contributed by atoms with van der Waals surface area (Å²) in [5, 5.41) is 13.4. The van der Waals surface area contributed by atoms with Crippen molar-refractivity contribution in [3.8, 4) is 0 Å². The second kappa shape index (κ2) is 6.77. The first-order valence-corrected chi connectivity index (χ1v) is 7.10. The molecule has 0 spiro atoms. The van der Waals surface area contributed by atoms with Gasteiger partial charge in [-0.25, -0.2) is 15.1 Å². The van der Waals surface area contributed by atoms with Gasteiger partial charge in [-0.1, -0.05) is 23.4 Å². The molecule has 0 aromatic carbocycles. The summed E-state index contributed by atoms with van der Waals surface area (Å²) < 4.78 is 0.466. The average Bonchev–Trinajstić information content (AvgIpc) is 2.68. The zero-order valence-corrected chi connectivity index (χ0v) is 11.7. The third kappa shape index (κ3) is 4.49. The summed E-state index contributed by atoms with van der Waals surface area (Å²) in [6.07, 6.45) is 3.42. The summed E-state index contributed by atoms with van der Waals surface area (Å²) in [4.78, 5) is 17.1. The Bertz CT molecular complexity index is 423. The number of hydrogen-bond donors (Lipinski definition) is 0. The summed E-state index contributed by atoms with van der Waals surface area (Å²) >= 11 is 8.33. The van der Waals surface area contributed by atoms with Gasteiger partial charge in [-0.05, 0) is 13.2 Å². The standard InChI is InChI=1S/C8H11ClN4O2S2/c1-3-12(8(16-2)11-13(14)15)5-6-4-10-7(9)17-6/h4H,3,5H2,1-2H3/b11-8-. The van der Waals surface area contributed by atoms with Gasteiger partial charge < -0.3 is 4.90 Å². The number of nitro groups is 1. The number of thioether (sulfide) groups is 1. The van der Waals surface area contributed by atoms with Gasteiger partial charge in [0, 0.05) is 17.6 Å². The van der Waals surface area contributed by atoms with Gasteiger partial charge in [-0.2, -0.15) is 0 Å². The lowest BCUT2D eigenvalue weighted by Crippen LogP contribution is -2.28. The van der Waals surface area contributed by atoms with Crippen molar-refractivity contribution in [2.24, 2.45) is 5.10 Å². The van der Waals surface area contributed by atoms with Crippen LogP contribution in [-0.2, 0) is 6.54 Å². The minimum atomic E-state index is -0.686. The number of hydrogen-bond acceptors (Lipinski definition) is 5. The third-order valence-electron chi connectivity index (χ3n) is 1.87. The lowest BCUT2D eigenvalue weighted by Gasteiger charge is -2.19. The van der Waals surface area contributed by atoms with Gasteiger partial charge in [0.1, 0.15) is 0 Å². The Morgan fingerprint density at radius 2 is 2.53 bits per heavy atom. The molecule has 0 fully saturated rings. The Hall–Kier alpha value is -0.860. The van der Waals surface area contributed by atoms with Crippen molar-refractivity contribution in [2.75, 3.05) is 12.8 Å². The average molecular weight is 295 g/mol. The molecule has 0 saturated carbocycles. The van der Waals surface area contributed by atoms with Crippen LogP contribution in [0.25, 0.3) is 0 Å². The molecule has 1 rings (SSSR count). The quantitative estimate of drug-likeness (QED) is 0.369. The minimum absolute atomic E-state index is 0.377. The highest BCUT2D eigenvalue weighted by Crippen LogP contribution is 2.20. The highest BCUT2D eigenvalue weighted by molar-refractivity contribution is 8.13. The second-order valence-corrected chi connectivity index (χ2v) is 5.39. The number of hydrazone groups is 1. The van der Waals surface area contributed by atoms with E-state index in [1.54, 1.807) is 17.4 Å². The van der Waals surface area contributed by atoms with E-state index in [0.29, 0.717) is 22.7 Å². The molecule has 0 atom stereocenters. The molecule has 1 aromatic heterocycles. The molecular weight excluding hydrogens is 284 g/mol. The first-order valence-electron chi connectivity index (χ1n) is 4.69. The molecule has 17 heavy (non-hydrogen) atoms. The SMILES string of the molecule is CCN(Cc1cnc(Cl)s1)/C(=N/[N+](=O)[O-])SC. The molecule has 0 aliphatic heterocycles. The van der Waals surface area contributed by atoms with Crippen LogP contribution in [0.3, 0.4) is 0 Å². The van der Waals surface area contributed by atoms with E-state index in [1.165, 1.54) is 23.1 Å². The van der Waals surface area contributed by atoms with E-state index in [2.05, 4.69) is 10.1 Å². The van der Waals surface area contributed by atoms with Crippen LogP contribution in [0.4, 0.5) is 0 Å². The summed E-state index contributed by atoms with van der Waals surface area (Å²) in [5.74, 6) is 0. The summed E-state index contributed by atoms with van der Waals surface area (Å²) in [6, 6.07) is 0. The van der Waals surface area contributed by atoms with Crippen molar-refractivity contribution in [3.05, 3.63) is 25.7 Å². The number of rotatable bonds is 4. The van der Waals surface area contributed by atoms with Crippen LogP contribution in [0.5, 0.6) is 0 Å². The maximum Gasteiger partial charge on any atom is 0.237 e. The molecule has 6 nitrogen and oxygen atoms in total. The number of amidine groups is 1. The van der Waals surface area contributed by atoms with E-state index in [-0.39, 0.29) is 0 Å². The molecule has 0 radical (unpaired) electrons. The Morgan fingerprint density at radius 1 is 1.82 bits per heavy atom. The monoisotopic (exact) mass is 294 g/mol. The second-order valence-electron chi connectivity index (χ2n) is 2.92. The third-order valence-corrected chi connectivity index (χ3v) is 3.68. The summed E-state index contributed by atoms with van der Waals surface area (Å²) in [7, 11) is 0. The summed E-state index contributed by atoms with van der Waals surface area (Å²) in [6.45, 7) is 3.06. The molecule has 94 valence electrons. The van der Waals surface area contributed by atoms with Gasteiger partial charge in [0.25, 0.3) is 0 Å². The van der Waals surface area contributed by atoms with Crippen LogP contribution in [0.15, 0.2) is 11.3 Å². The van der Waals surface area contributed by atoms with Gasteiger partial charge in [0.2, 0.25) is 5.17 Å². The first kappa shape index (κ1) is 14.2. The molecule has 0 aliphatic carbocycles. The van der Waals surface area contributed by atoms with E-state index in [9.17, 15) is 10.1 Å². The molecule has 0 N–H and O–H groups in total. The van der Waals surface area contributed by atoms with Crippen LogP contribution < -0.4 is 0 Å². The lowest BCUT2D eigenvalue weighted by atomic mass is 10.5. The first-order chi connectivity index (χ1) is 8.06. The maximum absolute atomic E-state index is 10.4. The van der Waals surface area contributed by atoms with E-state index in [1.807, 2.05) is 6.92 Å². The number of halogens is 1. The van der Waals surface area contributed by atoms with Gasteiger partial charge in [-0.3, -0.25) is 0 Å². The fourth-order valence-electron chi connectivity index (χ4n) is 1.16. The van der Waals surface area contributed by atoms with Crippen molar-refractivity contribution in [1.82, 2.24) is 9.88 Å². The highest BCUT2D eigenvalue weighted by Gasteiger charge is 2.14. The smallest absolute Gasteiger partial charge is 0.237 e. The van der Waals surface area contributed by atoms with Crippen molar-refractivity contribution in [2.45, 2.75) is 13.5 Å². The topological polar surface area (TPSA) is 71.6 Å². The Morgan fingerprint density at radius 3 is 2.94 bits per heavy atom. The van der Waals surface area contributed by atoms with Crippen LogP contribution in [0, 0.1) is 10.1 Å². The van der Waals surface area contributed by atoms with Crippen LogP contribution in [0.2, 0.25) is 4.47 Å². The van der Waals surface area contributed by atoms with Gasteiger partial charge in [-0.15, -0.1) is 11.3 Å². The Balaban J connectivity index is 2.80. The van der Waals surface area contributed by atoms with Crippen LogP contribution >= 0.6 is 34.7 Å². The zero-order chi connectivity index (χ0) is 12.8. The van der Waals surface area contributed by atoms with E-state index in [0.717, 1.165) is 4.88 Å². The van der Waals surface area contributed by atoms with E-state index >= 15 is 0 Å². The number of thiazole rings is 1. The molecule has 0 saturated heterocycles. The van der Waals surface area contributed by atoms with Crippen molar-refractivity contribution >= 4 is 39.9 Å². The summed E-state index contributed by atoms with van der Waals surface area (Å²) in [5.41, 5.74) is 0. The van der Waals surface area contributed by atoms with Gasteiger partial charge >= 0.3 is 0 Å². The maximum atomic E-state index is 10.4. The van der Waals surface area contributed by atoms with E-state index < -0.39 is 5.03 Å². The fourth-order valence-corrected chi connectivity index (χ4v) is 2.76. The Kier molecular flexibility index (Phi) is 5.66. The molecule has 0 unspecified atom stereocenters. The van der Waals surface area contributed by atoms with Crippen molar-refractivity contribution in [1.29, 1.82) is 0 Å². The molecule has 0 bridgehead atoms. The Labute approximate surface area is 112 Å². The largest absolute Gasteiger partial charge is 0.341 e. The number of nitrogens with zero attached hydrogens (tertiary/aromatic N) is 4. The predicted molar refractivity (Wildman–Crippen MR) is 71.2 cm³/mol. The molecule has 9 heteroatoms. The van der Waals surface area contributed by atoms with Crippen molar-refractivity contribution in [3.63, 3.8) is 0 Å². The molecule has 1 heterocycles.